The Balaban J connectivity index is 1.45. The molecule has 0 aliphatic rings. The second-order valence-electron chi connectivity index (χ2n) is 8.58. The molecule has 5 aromatic rings. The standard InChI is InChI=1S/C30H21Cl2N3O3/c1-34(23-10-8-21(31)9-11-23)24-12-13-26(33-18-24)29(36)20-7-14-28(25(17-20)30(37)38)35-15-3-6-27(35)19-4-2-5-22(32)16-19/h2-18H,1H3,(H,37,38). The Bertz CT molecular complexity index is 1640. The summed E-state index contributed by atoms with van der Waals surface area (Å²) in [6, 6.07) is 26.4. The van der Waals surface area contributed by atoms with Crippen molar-refractivity contribution in [3.8, 4) is 16.9 Å². The maximum atomic E-state index is 13.2. The lowest BCUT2D eigenvalue weighted by Crippen LogP contribution is -2.12. The van der Waals surface area contributed by atoms with Gasteiger partial charge in [-0.3, -0.25) is 9.78 Å². The number of aromatic nitrogens is 2. The predicted molar refractivity (Wildman–Crippen MR) is 150 cm³/mol. The van der Waals surface area contributed by atoms with E-state index in [9.17, 15) is 14.7 Å². The molecule has 188 valence electrons. The highest BCUT2D eigenvalue weighted by Crippen LogP contribution is 2.29. The zero-order valence-electron chi connectivity index (χ0n) is 20.2. The summed E-state index contributed by atoms with van der Waals surface area (Å²) < 4.78 is 1.77. The molecule has 0 amide bonds. The number of carbonyl (C=O) groups excluding carboxylic acids is 1. The van der Waals surface area contributed by atoms with Gasteiger partial charge in [0.1, 0.15) is 5.69 Å². The van der Waals surface area contributed by atoms with Crippen molar-refractivity contribution in [3.05, 3.63) is 130 Å². The lowest BCUT2D eigenvalue weighted by Gasteiger charge is -2.19. The molecule has 0 atom stereocenters. The number of pyridine rings is 1. The Morgan fingerprint density at radius 3 is 2.29 bits per heavy atom. The maximum absolute atomic E-state index is 13.2. The van der Waals surface area contributed by atoms with Crippen LogP contribution in [0.3, 0.4) is 0 Å². The van der Waals surface area contributed by atoms with E-state index in [0.717, 1.165) is 22.6 Å². The maximum Gasteiger partial charge on any atom is 0.337 e. The molecule has 0 bridgehead atoms. The lowest BCUT2D eigenvalue weighted by molar-refractivity contribution is 0.0697. The number of carboxylic acid groups (broad SMARTS) is 1. The number of nitrogens with zero attached hydrogens (tertiary/aromatic N) is 3. The van der Waals surface area contributed by atoms with Crippen LogP contribution in [0.25, 0.3) is 16.9 Å². The number of anilines is 2. The van der Waals surface area contributed by atoms with E-state index < -0.39 is 5.97 Å². The van der Waals surface area contributed by atoms with Crippen molar-refractivity contribution in [2.75, 3.05) is 11.9 Å². The van der Waals surface area contributed by atoms with E-state index >= 15 is 0 Å². The third-order valence-corrected chi connectivity index (χ3v) is 6.69. The summed E-state index contributed by atoms with van der Waals surface area (Å²) in [5.74, 6) is -1.52. The third-order valence-electron chi connectivity index (χ3n) is 6.20. The fraction of sp³-hybridized carbons (Fsp3) is 0.0333. The van der Waals surface area contributed by atoms with E-state index in [2.05, 4.69) is 4.98 Å². The van der Waals surface area contributed by atoms with Gasteiger partial charge in [-0.05, 0) is 84.4 Å². The highest BCUT2D eigenvalue weighted by molar-refractivity contribution is 6.31. The Morgan fingerprint density at radius 2 is 1.61 bits per heavy atom. The van der Waals surface area contributed by atoms with Crippen molar-refractivity contribution < 1.29 is 14.7 Å². The van der Waals surface area contributed by atoms with Crippen molar-refractivity contribution in [1.29, 1.82) is 0 Å². The van der Waals surface area contributed by atoms with Gasteiger partial charge in [0.15, 0.2) is 0 Å². The minimum Gasteiger partial charge on any atom is -0.478 e. The lowest BCUT2D eigenvalue weighted by atomic mass is 10.0. The summed E-state index contributed by atoms with van der Waals surface area (Å²) in [4.78, 5) is 31.7. The van der Waals surface area contributed by atoms with Gasteiger partial charge in [-0.15, -0.1) is 0 Å². The zero-order chi connectivity index (χ0) is 26.8. The van der Waals surface area contributed by atoms with Gasteiger partial charge in [0, 0.05) is 34.5 Å². The number of rotatable bonds is 7. The average molecular weight is 542 g/mol. The molecule has 0 aliphatic heterocycles. The quantitative estimate of drug-likeness (QED) is 0.215. The summed E-state index contributed by atoms with van der Waals surface area (Å²) in [5, 5.41) is 11.2. The molecule has 38 heavy (non-hydrogen) atoms. The summed E-state index contributed by atoms with van der Waals surface area (Å²) in [7, 11) is 1.89. The van der Waals surface area contributed by atoms with Gasteiger partial charge in [-0.2, -0.15) is 0 Å². The predicted octanol–water partition coefficient (Wildman–Crippen LogP) is 7.54. The number of hydrogen-bond acceptors (Lipinski definition) is 4. The highest BCUT2D eigenvalue weighted by atomic mass is 35.5. The number of halogens is 2. The summed E-state index contributed by atoms with van der Waals surface area (Å²) in [6.45, 7) is 0. The molecule has 0 spiro atoms. The minimum atomic E-state index is -1.15. The molecule has 3 aromatic carbocycles. The smallest absolute Gasteiger partial charge is 0.337 e. The molecule has 1 N–H and O–H groups in total. The van der Waals surface area contributed by atoms with Crippen LogP contribution >= 0.6 is 23.2 Å². The molecular formula is C30H21Cl2N3O3. The van der Waals surface area contributed by atoms with Crippen molar-refractivity contribution in [2.24, 2.45) is 0 Å². The van der Waals surface area contributed by atoms with Gasteiger partial charge < -0.3 is 14.6 Å². The monoisotopic (exact) mass is 541 g/mol. The fourth-order valence-corrected chi connectivity index (χ4v) is 4.53. The molecular weight excluding hydrogens is 521 g/mol. The summed E-state index contributed by atoms with van der Waals surface area (Å²) in [5.41, 5.74) is 4.18. The van der Waals surface area contributed by atoms with Crippen molar-refractivity contribution >= 4 is 46.3 Å². The fourth-order valence-electron chi connectivity index (χ4n) is 4.21. The van der Waals surface area contributed by atoms with E-state index in [-0.39, 0.29) is 22.6 Å². The first-order chi connectivity index (χ1) is 18.3. The highest BCUT2D eigenvalue weighted by Gasteiger charge is 2.19. The van der Waals surface area contributed by atoms with Gasteiger partial charge in [-0.25, -0.2) is 4.79 Å². The topological polar surface area (TPSA) is 75.4 Å². The Hall–Kier alpha value is -4.39. The second-order valence-corrected chi connectivity index (χ2v) is 9.45. The number of benzene rings is 3. The molecule has 0 radical (unpaired) electrons. The summed E-state index contributed by atoms with van der Waals surface area (Å²) in [6.07, 6.45) is 3.38. The van der Waals surface area contributed by atoms with Crippen LogP contribution in [0.2, 0.25) is 10.0 Å². The van der Waals surface area contributed by atoms with E-state index in [4.69, 9.17) is 23.2 Å². The zero-order valence-corrected chi connectivity index (χ0v) is 21.7. The van der Waals surface area contributed by atoms with Gasteiger partial charge in [0.05, 0.1) is 28.8 Å². The van der Waals surface area contributed by atoms with Crippen LogP contribution in [-0.2, 0) is 0 Å². The van der Waals surface area contributed by atoms with Gasteiger partial charge in [0.25, 0.3) is 0 Å². The van der Waals surface area contributed by atoms with Crippen LogP contribution in [0, 0.1) is 0 Å². The molecule has 0 saturated heterocycles. The Morgan fingerprint density at radius 1 is 0.842 bits per heavy atom. The first-order valence-corrected chi connectivity index (χ1v) is 12.4. The number of carbonyl (C=O) groups is 2. The SMILES string of the molecule is CN(c1ccc(Cl)cc1)c1ccc(C(=O)c2ccc(-n3cccc3-c3cccc(Cl)c3)c(C(=O)O)c2)nc1. The van der Waals surface area contributed by atoms with Crippen molar-refractivity contribution in [1.82, 2.24) is 9.55 Å². The average Bonchev–Trinajstić information content (AvgIpc) is 3.42. The van der Waals surface area contributed by atoms with Crippen LogP contribution in [0.4, 0.5) is 11.4 Å². The number of aromatic carboxylic acids is 1. The Labute approximate surface area is 229 Å². The van der Waals surface area contributed by atoms with E-state index in [1.807, 2.05) is 54.4 Å². The number of hydrogen-bond donors (Lipinski definition) is 1. The molecule has 2 heterocycles. The molecule has 0 aliphatic carbocycles. The molecule has 6 nitrogen and oxygen atoms in total. The van der Waals surface area contributed by atoms with Gasteiger partial charge in [-0.1, -0.05) is 35.3 Å². The van der Waals surface area contributed by atoms with Crippen LogP contribution in [0.5, 0.6) is 0 Å². The van der Waals surface area contributed by atoms with Crippen LogP contribution in [0.1, 0.15) is 26.4 Å². The molecule has 8 heteroatoms. The summed E-state index contributed by atoms with van der Waals surface area (Å²) >= 11 is 12.1. The minimum absolute atomic E-state index is 0.00517. The van der Waals surface area contributed by atoms with Gasteiger partial charge >= 0.3 is 5.97 Å². The van der Waals surface area contributed by atoms with Crippen molar-refractivity contribution in [3.63, 3.8) is 0 Å². The van der Waals surface area contributed by atoms with E-state index in [0.29, 0.717) is 15.7 Å². The largest absolute Gasteiger partial charge is 0.478 e. The molecule has 2 aromatic heterocycles. The molecule has 0 fully saturated rings. The molecule has 0 saturated carbocycles. The van der Waals surface area contributed by atoms with Crippen LogP contribution in [0.15, 0.2) is 103 Å². The number of ketones is 1. The molecule has 5 rings (SSSR count). The molecule has 0 unspecified atom stereocenters. The number of carboxylic acids is 1. The van der Waals surface area contributed by atoms with E-state index in [1.165, 1.54) is 6.07 Å². The van der Waals surface area contributed by atoms with Crippen LogP contribution in [-0.4, -0.2) is 33.5 Å². The first kappa shape index (κ1) is 25.3. The Kier molecular flexibility index (Phi) is 7.01. The first-order valence-electron chi connectivity index (χ1n) is 11.6. The second kappa shape index (κ2) is 10.5. The van der Waals surface area contributed by atoms with Gasteiger partial charge in [0.2, 0.25) is 5.78 Å². The van der Waals surface area contributed by atoms with Crippen LogP contribution < -0.4 is 4.90 Å². The van der Waals surface area contributed by atoms with E-state index in [1.54, 1.807) is 59.4 Å². The normalized spacial score (nSPS) is 10.8. The third kappa shape index (κ3) is 5.05. The van der Waals surface area contributed by atoms with Crippen molar-refractivity contribution in [2.45, 2.75) is 0 Å².